The van der Waals surface area contributed by atoms with Crippen LogP contribution < -0.4 is 0 Å². The van der Waals surface area contributed by atoms with Crippen molar-refractivity contribution in [3.63, 3.8) is 0 Å². The molecule has 0 bridgehead atoms. The van der Waals surface area contributed by atoms with Crippen molar-refractivity contribution in [2.75, 3.05) is 7.11 Å². The van der Waals surface area contributed by atoms with E-state index in [1.807, 2.05) is 0 Å². The third kappa shape index (κ3) is 2.77. The highest BCUT2D eigenvalue weighted by molar-refractivity contribution is 6.30. The monoisotopic (exact) mass is 304 g/mol. The summed E-state index contributed by atoms with van der Waals surface area (Å²) in [5.74, 6) is -0.914. The standard InChI is InChI=1S/C12H8ClF3N2O2/c1-20-11(19)9-6-10(12(14,15)16)17-18(9)8-4-2-7(13)3-5-8/h2-6H,1H3. The van der Waals surface area contributed by atoms with E-state index in [9.17, 15) is 18.0 Å². The number of benzene rings is 1. The Balaban J connectivity index is 2.58. The van der Waals surface area contributed by atoms with Crippen molar-refractivity contribution in [3.05, 3.63) is 46.7 Å². The fraction of sp³-hybridized carbons (Fsp3) is 0.167. The largest absolute Gasteiger partial charge is 0.464 e. The molecule has 8 heteroatoms. The Kier molecular flexibility index (Phi) is 3.71. The van der Waals surface area contributed by atoms with Gasteiger partial charge in [0.1, 0.15) is 0 Å². The highest BCUT2D eigenvalue weighted by atomic mass is 35.5. The summed E-state index contributed by atoms with van der Waals surface area (Å²) in [7, 11) is 1.08. The number of aromatic nitrogens is 2. The lowest BCUT2D eigenvalue weighted by atomic mass is 10.3. The van der Waals surface area contributed by atoms with Gasteiger partial charge in [0.05, 0.1) is 12.8 Å². The number of carbonyl (C=O) groups excluding carboxylic acids is 1. The third-order valence-electron chi connectivity index (χ3n) is 2.47. The van der Waals surface area contributed by atoms with E-state index in [0.717, 1.165) is 11.8 Å². The van der Waals surface area contributed by atoms with Crippen LogP contribution in [0.15, 0.2) is 30.3 Å². The average molecular weight is 305 g/mol. The van der Waals surface area contributed by atoms with Gasteiger partial charge in [-0.1, -0.05) is 11.6 Å². The maximum Gasteiger partial charge on any atom is 0.435 e. The fourth-order valence-electron chi connectivity index (χ4n) is 1.55. The van der Waals surface area contributed by atoms with Crippen LogP contribution in [0.2, 0.25) is 5.02 Å². The number of methoxy groups -OCH3 is 1. The lowest BCUT2D eigenvalue weighted by Crippen LogP contribution is -2.10. The summed E-state index contributed by atoms with van der Waals surface area (Å²) in [5.41, 5.74) is -1.22. The van der Waals surface area contributed by atoms with E-state index in [2.05, 4.69) is 9.84 Å². The van der Waals surface area contributed by atoms with E-state index in [1.54, 1.807) is 0 Å². The molecular weight excluding hydrogens is 297 g/mol. The van der Waals surface area contributed by atoms with E-state index in [0.29, 0.717) is 11.1 Å². The molecule has 0 aliphatic rings. The van der Waals surface area contributed by atoms with Crippen molar-refractivity contribution in [3.8, 4) is 5.69 Å². The molecular formula is C12H8ClF3N2O2. The predicted molar refractivity (Wildman–Crippen MR) is 64.9 cm³/mol. The molecule has 0 aliphatic heterocycles. The van der Waals surface area contributed by atoms with Crippen molar-refractivity contribution in [1.29, 1.82) is 0 Å². The van der Waals surface area contributed by atoms with E-state index < -0.39 is 17.8 Å². The Morgan fingerprint density at radius 1 is 1.30 bits per heavy atom. The smallest absolute Gasteiger partial charge is 0.435 e. The van der Waals surface area contributed by atoms with Crippen LogP contribution in [-0.2, 0) is 10.9 Å². The van der Waals surface area contributed by atoms with Crippen molar-refractivity contribution in [1.82, 2.24) is 9.78 Å². The first kappa shape index (κ1) is 14.4. The van der Waals surface area contributed by atoms with Crippen LogP contribution in [-0.4, -0.2) is 22.9 Å². The SMILES string of the molecule is COC(=O)c1cc(C(F)(F)F)nn1-c1ccc(Cl)cc1. The summed E-state index contributed by atoms with van der Waals surface area (Å²) in [6.45, 7) is 0. The van der Waals surface area contributed by atoms with Crippen LogP contribution in [0, 0.1) is 0 Å². The zero-order valence-electron chi connectivity index (χ0n) is 10.1. The molecule has 0 amide bonds. The number of esters is 1. The first-order chi connectivity index (χ1) is 9.32. The van der Waals surface area contributed by atoms with E-state index >= 15 is 0 Å². The zero-order chi connectivity index (χ0) is 14.9. The van der Waals surface area contributed by atoms with Gasteiger partial charge in [0.2, 0.25) is 0 Å². The predicted octanol–water partition coefficient (Wildman–Crippen LogP) is 3.33. The zero-order valence-corrected chi connectivity index (χ0v) is 10.9. The molecule has 0 fully saturated rings. The normalized spacial score (nSPS) is 11.4. The summed E-state index contributed by atoms with van der Waals surface area (Å²) in [4.78, 5) is 11.5. The number of alkyl halides is 3. The second-order valence-corrected chi connectivity index (χ2v) is 4.23. The van der Waals surface area contributed by atoms with Crippen molar-refractivity contribution in [2.45, 2.75) is 6.18 Å². The maximum absolute atomic E-state index is 12.7. The molecule has 0 N–H and O–H groups in total. The van der Waals surface area contributed by atoms with Gasteiger partial charge in [-0.3, -0.25) is 0 Å². The van der Waals surface area contributed by atoms with Gasteiger partial charge in [-0.25, -0.2) is 9.48 Å². The molecule has 20 heavy (non-hydrogen) atoms. The quantitative estimate of drug-likeness (QED) is 0.799. The average Bonchev–Trinajstić information content (AvgIpc) is 2.83. The number of rotatable bonds is 2. The van der Waals surface area contributed by atoms with Gasteiger partial charge in [-0.05, 0) is 24.3 Å². The van der Waals surface area contributed by atoms with E-state index in [1.165, 1.54) is 24.3 Å². The first-order valence-electron chi connectivity index (χ1n) is 5.34. The van der Waals surface area contributed by atoms with Crippen LogP contribution >= 0.6 is 11.6 Å². The summed E-state index contributed by atoms with van der Waals surface area (Å²) in [5, 5.41) is 3.81. The van der Waals surface area contributed by atoms with Gasteiger partial charge in [0.25, 0.3) is 0 Å². The summed E-state index contributed by atoms with van der Waals surface area (Å²) in [6, 6.07) is 6.49. The number of hydrogen-bond acceptors (Lipinski definition) is 3. The van der Waals surface area contributed by atoms with Gasteiger partial charge < -0.3 is 4.74 Å². The highest BCUT2D eigenvalue weighted by Gasteiger charge is 2.36. The minimum absolute atomic E-state index is 0.269. The van der Waals surface area contributed by atoms with Crippen LogP contribution in [0.4, 0.5) is 13.2 Å². The number of ether oxygens (including phenoxy) is 1. The minimum Gasteiger partial charge on any atom is -0.464 e. The Bertz CT molecular complexity index is 635. The number of carbonyl (C=O) groups is 1. The second-order valence-electron chi connectivity index (χ2n) is 3.79. The third-order valence-corrected chi connectivity index (χ3v) is 2.72. The topological polar surface area (TPSA) is 44.1 Å². The van der Waals surface area contributed by atoms with E-state index in [-0.39, 0.29) is 11.4 Å². The molecule has 106 valence electrons. The number of halogens is 4. The van der Waals surface area contributed by atoms with Crippen molar-refractivity contribution in [2.24, 2.45) is 0 Å². The van der Waals surface area contributed by atoms with Gasteiger partial charge in [0.15, 0.2) is 11.4 Å². The lowest BCUT2D eigenvalue weighted by Gasteiger charge is -2.06. The molecule has 2 aromatic rings. The molecule has 0 aliphatic carbocycles. The van der Waals surface area contributed by atoms with Crippen LogP contribution in [0.1, 0.15) is 16.2 Å². The molecule has 0 atom stereocenters. The Morgan fingerprint density at radius 3 is 2.40 bits per heavy atom. The van der Waals surface area contributed by atoms with Crippen LogP contribution in [0.25, 0.3) is 5.69 Å². The second kappa shape index (κ2) is 5.16. The lowest BCUT2D eigenvalue weighted by molar-refractivity contribution is -0.141. The van der Waals surface area contributed by atoms with Crippen molar-refractivity contribution >= 4 is 17.6 Å². The molecule has 0 saturated heterocycles. The van der Waals surface area contributed by atoms with Crippen LogP contribution in [0.5, 0.6) is 0 Å². The van der Waals surface area contributed by atoms with Crippen molar-refractivity contribution < 1.29 is 22.7 Å². The molecule has 2 rings (SSSR count). The fourth-order valence-corrected chi connectivity index (χ4v) is 1.67. The minimum atomic E-state index is -4.65. The summed E-state index contributed by atoms with van der Waals surface area (Å²) in [6.07, 6.45) is -4.65. The molecule has 0 saturated carbocycles. The molecule has 0 unspecified atom stereocenters. The molecule has 4 nitrogen and oxygen atoms in total. The Hall–Kier alpha value is -2.02. The maximum atomic E-state index is 12.7. The Morgan fingerprint density at radius 2 is 1.90 bits per heavy atom. The summed E-state index contributed by atoms with van der Waals surface area (Å²) < 4.78 is 43.4. The molecule has 1 aromatic heterocycles. The molecule has 1 aromatic carbocycles. The first-order valence-corrected chi connectivity index (χ1v) is 5.72. The van der Waals surface area contributed by atoms with E-state index in [4.69, 9.17) is 11.6 Å². The molecule has 1 heterocycles. The van der Waals surface area contributed by atoms with Gasteiger partial charge in [0, 0.05) is 11.1 Å². The van der Waals surface area contributed by atoms with Gasteiger partial charge in [-0.15, -0.1) is 0 Å². The van der Waals surface area contributed by atoms with Gasteiger partial charge >= 0.3 is 12.1 Å². The van der Waals surface area contributed by atoms with Crippen LogP contribution in [0.3, 0.4) is 0 Å². The molecule has 0 spiro atoms. The Labute approximate surface area is 116 Å². The number of nitrogens with zero attached hydrogens (tertiary/aromatic N) is 2. The highest BCUT2D eigenvalue weighted by Crippen LogP contribution is 2.29. The van der Waals surface area contributed by atoms with Gasteiger partial charge in [-0.2, -0.15) is 18.3 Å². The molecule has 0 radical (unpaired) electrons. The number of hydrogen-bond donors (Lipinski definition) is 0. The summed E-state index contributed by atoms with van der Waals surface area (Å²) >= 11 is 5.71.